The average molecular weight is 282 g/mol. The monoisotopic (exact) mass is 282 g/mol. The number of aromatic nitrogens is 2. The number of nitrogen functional groups attached to an aromatic ring is 1. The molecule has 0 spiro atoms. The summed E-state index contributed by atoms with van der Waals surface area (Å²) in [5, 5.41) is 13.4. The van der Waals surface area contributed by atoms with E-state index >= 15 is 0 Å². The molecule has 0 saturated carbocycles. The van der Waals surface area contributed by atoms with Gasteiger partial charge in [-0.25, -0.2) is 15.8 Å². The minimum absolute atomic E-state index is 0.200. The van der Waals surface area contributed by atoms with Crippen LogP contribution >= 0.6 is 0 Å². The molecule has 5 N–H and O–H groups in total. The van der Waals surface area contributed by atoms with Crippen LogP contribution in [0.25, 0.3) is 0 Å². The Balaban J connectivity index is 2.79. The Kier molecular flexibility index (Phi) is 5.67. The summed E-state index contributed by atoms with van der Waals surface area (Å²) in [6.07, 6.45) is 0. The molecular weight excluding hydrogens is 256 g/mol. The molecule has 0 amide bonds. The zero-order chi connectivity index (χ0) is 15.3. The third-order valence-corrected chi connectivity index (χ3v) is 2.71. The van der Waals surface area contributed by atoms with E-state index in [1.165, 1.54) is 0 Å². The minimum Gasteiger partial charge on any atom is -0.387 e. The molecule has 0 bridgehead atoms. The summed E-state index contributed by atoms with van der Waals surface area (Å²) in [6, 6.07) is 1.72. The number of hydrazine groups is 1. The van der Waals surface area contributed by atoms with E-state index in [4.69, 9.17) is 5.84 Å². The van der Waals surface area contributed by atoms with Crippen LogP contribution in [-0.4, -0.2) is 52.8 Å². The molecule has 7 heteroatoms. The number of aliphatic hydroxyl groups is 1. The summed E-state index contributed by atoms with van der Waals surface area (Å²) in [6.45, 7) is 6.77. The molecule has 0 saturated heterocycles. The van der Waals surface area contributed by atoms with Gasteiger partial charge in [0.1, 0.15) is 17.5 Å². The number of nitrogens with zero attached hydrogens (tertiary/aromatic N) is 3. The highest BCUT2D eigenvalue weighted by Gasteiger charge is 2.21. The number of likely N-dealkylation sites (N-methyl/N-ethyl adjacent to an activating group) is 1. The Bertz CT molecular complexity index is 433. The van der Waals surface area contributed by atoms with Gasteiger partial charge in [0.05, 0.1) is 5.60 Å². The Labute approximate surface area is 120 Å². The molecule has 0 aromatic carbocycles. The molecule has 1 aromatic heterocycles. The van der Waals surface area contributed by atoms with Gasteiger partial charge in [-0.2, -0.15) is 0 Å². The van der Waals surface area contributed by atoms with Crippen molar-refractivity contribution in [2.75, 3.05) is 37.9 Å². The SMILES string of the molecule is CC(C)c1nc(NN)cc(NCC(C)(O)CN(C)C)n1. The van der Waals surface area contributed by atoms with Gasteiger partial charge in [-0.1, -0.05) is 13.8 Å². The predicted octanol–water partition coefficient (Wildman–Crippen LogP) is 0.610. The molecule has 114 valence electrons. The molecule has 1 aromatic rings. The number of hydrogen-bond donors (Lipinski definition) is 4. The lowest BCUT2D eigenvalue weighted by Crippen LogP contribution is -2.43. The standard InChI is InChI=1S/C13H26N6O/c1-9(2)12-16-10(6-11(17-12)18-14)15-7-13(3,20)8-19(4)5/h6,9,20H,7-8,14H2,1-5H3,(H2,15,16,17,18). The maximum absolute atomic E-state index is 10.3. The van der Waals surface area contributed by atoms with Crippen molar-refractivity contribution in [2.45, 2.75) is 32.3 Å². The van der Waals surface area contributed by atoms with Crippen molar-refractivity contribution in [3.63, 3.8) is 0 Å². The molecular formula is C13H26N6O. The number of anilines is 2. The first-order valence-electron chi connectivity index (χ1n) is 6.70. The van der Waals surface area contributed by atoms with Gasteiger partial charge in [-0.05, 0) is 21.0 Å². The molecule has 20 heavy (non-hydrogen) atoms. The summed E-state index contributed by atoms with van der Waals surface area (Å²) >= 11 is 0. The van der Waals surface area contributed by atoms with Gasteiger partial charge in [-0.3, -0.25) is 0 Å². The van der Waals surface area contributed by atoms with Gasteiger partial charge in [0.2, 0.25) is 0 Å². The van der Waals surface area contributed by atoms with E-state index in [9.17, 15) is 5.11 Å². The molecule has 0 radical (unpaired) electrons. The van der Waals surface area contributed by atoms with E-state index in [1.807, 2.05) is 32.8 Å². The maximum atomic E-state index is 10.3. The number of nitrogens with two attached hydrogens (primary N) is 1. The molecule has 1 heterocycles. The first-order chi connectivity index (χ1) is 9.23. The highest BCUT2D eigenvalue weighted by atomic mass is 16.3. The highest BCUT2D eigenvalue weighted by molar-refractivity contribution is 5.47. The molecule has 1 unspecified atom stereocenters. The fourth-order valence-corrected chi connectivity index (χ4v) is 1.91. The largest absolute Gasteiger partial charge is 0.387 e. The second-order valence-corrected chi connectivity index (χ2v) is 5.88. The lowest BCUT2D eigenvalue weighted by molar-refractivity contribution is 0.0459. The lowest BCUT2D eigenvalue weighted by Gasteiger charge is -2.27. The van der Waals surface area contributed by atoms with Gasteiger partial charge in [0, 0.05) is 25.1 Å². The van der Waals surface area contributed by atoms with Gasteiger partial charge < -0.3 is 20.7 Å². The van der Waals surface area contributed by atoms with Gasteiger partial charge >= 0.3 is 0 Å². The molecule has 0 aliphatic heterocycles. The fraction of sp³-hybridized carbons (Fsp3) is 0.692. The summed E-state index contributed by atoms with van der Waals surface area (Å²) in [5.74, 6) is 7.52. The van der Waals surface area contributed by atoms with Gasteiger partial charge in [-0.15, -0.1) is 0 Å². The third-order valence-electron chi connectivity index (χ3n) is 2.71. The summed E-state index contributed by atoms with van der Waals surface area (Å²) in [5.41, 5.74) is 1.69. The van der Waals surface area contributed by atoms with Crippen LogP contribution in [0.3, 0.4) is 0 Å². The molecule has 0 fully saturated rings. The van der Waals surface area contributed by atoms with Crippen LogP contribution in [0.1, 0.15) is 32.5 Å². The first kappa shape index (κ1) is 16.6. The Morgan fingerprint density at radius 1 is 1.35 bits per heavy atom. The maximum Gasteiger partial charge on any atom is 0.145 e. The molecule has 1 rings (SSSR count). The summed E-state index contributed by atoms with van der Waals surface area (Å²) < 4.78 is 0. The van der Waals surface area contributed by atoms with Crippen molar-refractivity contribution in [1.82, 2.24) is 14.9 Å². The second-order valence-electron chi connectivity index (χ2n) is 5.88. The van der Waals surface area contributed by atoms with E-state index in [0.29, 0.717) is 30.5 Å². The van der Waals surface area contributed by atoms with Crippen LogP contribution in [0.2, 0.25) is 0 Å². The molecule has 0 aliphatic carbocycles. The quantitative estimate of drug-likeness (QED) is 0.429. The highest BCUT2D eigenvalue weighted by Crippen LogP contribution is 2.17. The molecule has 1 atom stereocenters. The number of rotatable bonds is 7. The van der Waals surface area contributed by atoms with Crippen molar-refractivity contribution < 1.29 is 5.11 Å². The molecule has 7 nitrogen and oxygen atoms in total. The number of nitrogens with one attached hydrogen (secondary N) is 2. The van der Waals surface area contributed by atoms with Crippen LogP contribution in [-0.2, 0) is 0 Å². The van der Waals surface area contributed by atoms with Crippen LogP contribution < -0.4 is 16.6 Å². The fourth-order valence-electron chi connectivity index (χ4n) is 1.91. The van der Waals surface area contributed by atoms with Crippen molar-refractivity contribution >= 4 is 11.6 Å². The Morgan fingerprint density at radius 2 is 1.95 bits per heavy atom. The van der Waals surface area contributed by atoms with Crippen LogP contribution in [0.5, 0.6) is 0 Å². The lowest BCUT2D eigenvalue weighted by atomic mass is 10.1. The van der Waals surface area contributed by atoms with E-state index in [0.717, 1.165) is 0 Å². The average Bonchev–Trinajstić information content (AvgIpc) is 2.34. The topological polar surface area (TPSA) is 99.3 Å². The van der Waals surface area contributed by atoms with Crippen LogP contribution in [0.15, 0.2) is 6.07 Å². The van der Waals surface area contributed by atoms with Crippen molar-refractivity contribution in [2.24, 2.45) is 5.84 Å². The van der Waals surface area contributed by atoms with Crippen LogP contribution in [0, 0.1) is 0 Å². The van der Waals surface area contributed by atoms with Crippen LogP contribution in [0.4, 0.5) is 11.6 Å². The van der Waals surface area contributed by atoms with Crippen molar-refractivity contribution in [3.05, 3.63) is 11.9 Å². The van der Waals surface area contributed by atoms with Gasteiger partial charge in [0.25, 0.3) is 0 Å². The minimum atomic E-state index is -0.844. The Morgan fingerprint density at radius 3 is 2.45 bits per heavy atom. The predicted molar refractivity (Wildman–Crippen MR) is 81.6 cm³/mol. The Hall–Kier alpha value is -1.44. The van der Waals surface area contributed by atoms with E-state index < -0.39 is 5.60 Å². The smallest absolute Gasteiger partial charge is 0.145 e. The van der Waals surface area contributed by atoms with E-state index in [2.05, 4.69) is 20.7 Å². The normalized spacial score (nSPS) is 14.4. The first-order valence-corrected chi connectivity index (χ1v) is 6.70. The summed E-state index contributed by atoms with van der Waals surface area (Å²) in [4.78, 5) is 10.6. The van der Waals surface area contributed by atoms with Gasteiger partial charge in [0.15, 0.2) is 0 Å². The summed E-state index contributed by atoms with van der Waals surface area (Å²) in [7, 11) is 3.85. The zero-order valence-corrected chi connectivity index (χ0v) is 12.9. The third kappa shape index (κ3) is 5.28. The second kappa shape index (κ2) is 6.83. The van der Waals surface area contributed by atoms with Crippen molar-refractivity contribution in [3.8, 4) is 0 Å². The van der Waals surface area contributed by atoms with Crippen molar-refractivity contribution in [1.29, 1.82) is 0 Å². The van der Waals surface area contributed by atoms with E-state index in [1.54, 1.807) is 13.0 Å². The zero-order valence-electron chi connectivity index (χ0n) is 12.9. The number of hydrogen-bond acceptors (Lipinski definition) is 7. The molecule has 0 aliphatic rings. The van der Waals surface area contributed by atoms with E-state index in [-0.39, 0.29) is 5.92 Å².